The van der Waals surface area contributed by atoms with E-state index >= 15 is 0 Å². The molecule has 0 aliphatic heterocycles. The minimum Gasteiger partial charge on any atom is -0.465 e. The maximum Gasteiger partial charge on any atom is 0.337 e. The van der Waals surface area contributed by atoms with E-state index in [0.29, 0.717) is 35.1 Å². The SMILES string of the molecule is CCCCCNC(=O)c1cc(Nc2cccc(C(=O)OC)c2)nc(C)n1. The lowest BCUT2D eigenvalue weighted by atomic mass is 10.2. The number of ether oxygens (including phenoxy) is 1. The number of amides is 1. The summed E-state index contributed by atoms with van der Waals surface area (Å²) in [5.74, 6) is 0.327. The summed E-state index contributed by atoms with van der Waals surface area (Å²) in [4.78, 5) is 32.4. The van der Waals surface area contributed by atoms with Crippen LogP contribution in [0.5, 0.6) is 0 Å². The van der Waals surface area contributed by atoms with Crippen LogP contribution in [0.2, 0.25) is 0 Å². The van der Waals surface area contributed by atoms with Gasteiger partial charge < -0.3 is 15.4 Å². The predicted octanol–water partition coefficient (Wildman–Crippen LogP) is 3.24. The maximum absolute atomic E-state index is 12.3. The van der Waals surface area contributed by atoms with E-state index in [2.05, 4.69) is 27.5 Å². The molecule has 1 aromatic heterocycles. The molecule has 1 aromatic carbocycles. The number of hydrogen-bond donors (Lipinski definition) is 2. The number of carbonyl (C=O) groups excluding carboxylic acids is 2. The van der Waals surface area contributed by atoms with Gasteiger partial charge in [0.1, 0.15) is 17.3 Å². The van der Waals surface area contributed by atoms with Crippen molar-refractivity contribution in [3.8, 4) is 0 Å². The Labute approximate surface area is 153 Å². The van der Waals surface area contributed by atoms with Gasteiger partial charge in [-0.1, -0.05) is 25.8 Å². The maximum atomic E-state index is 12.3. The average Bonchev–Trinajstić information content (AvgIpc) is 2.64. The number of unbranched alkanes of at least 4 members (excludes halogenated alkanes) is 2. The molecule has 0 unspecified atom stereocenters. The molecule has 0 spiro atoms. The summed E-state index contributed by atoms with van der Waals surface area (Å²) in [7, 11) is 1.33. The second kappa shape index (κ2) is 9.50. The summed E-state index contributed by atoms with van der Waals surface area (Å²) < 4.78 is 4.72. The molecule has 0 saturated carbocycles. The van der Waals surface area contributed by atoms with Gasteiger partial charge in [0.05, 0.1) is 12.7 Å². The summed E-state index contributed by atoms with van der Waals surface area (Å²) in [5, 5.41) is 5.96. The highest BCUT2D eigenvalue weighted by Gasteiger charge is 2.11. The second-order valence-electron chi connectivity index (χ2n) is 5.85. The van der Waals surface area contributed by atoms with Crippen LogP contribution in [0.15, 0.2) is 30.3 Å². The third kappa shape index (κ3) is 5.54. The van der Waals surface area contributed by atoms with Gasteiger partial charge in [-0.25, -0.2) is 14.8 Å². The minimum atomic E-state index is -0.417. The van der Waals surface area contributed by atoms with Gasteiger partial charge in [-0.15, -0.1) is 0 Å². The first-order chi connectivity index (χ1) is 12.5. The van der Waals surface area contributed by atoms with Gasteiger partial charge >= 0.3 is 5.97 Å². The van der Waals surface area contributed by atoms with Crippen molar-refractivity contribution < 1.29 is 14.3 Å². The number of methoxy groups -OCH3 is 1. The lowest BCUT2D eigenvalue weighted by Gasteiger charge is -2.10. The van der Waals surface area contributed by atoms with Crippen molar-refractivity contribution in [2.45, 2.75) is 33.1 Å². The largest absolute Gasteiger partial charge is 0.465 e. The van der Waals surface area contributed by atoms with Crippen LogP contribution in [0, 0.1) is 6.92 Å². The zero-order valence-electron chi connectivity index (χ0n) is 15.3. The molecular formula is C19H24N4O3. The number of esters is 1. The van der Waals surface area contributed by atoms with Crippen molar-refractivity contribution in [1.82, 2.24) is 15.3 Å². The first kappa shape index (κ1) is 19.4. The molecule has 0 bridgehead atoms. The highest BCUT2D eigenvalue weighted by molar-refractivity contribution is 5.93. The minimum absolute atomic E-state index is 0.224. The van der Waals surface area contributed by atoms with E-state index < -0.39 is 5.97 Å². The number of carbonyl (C=O) groups is 2. The van der Waals surface area contributed by atoms with Crippen LogP contribution in [0.25, 0.3) is 0 Å². The molecule has 2 aromatic rings. The topological polar surface area (TPSA) is 93.2 Å². The van der Waals surface area contributed by atoms with Crippen molar-refractivity contribution in [3.05, 3.63) is 47.4 Å². The van der Waals surface area contributed by atoms with E-state index in [1.807, 2.05) is 0 Å². The summed E-state index contributed by atoms with van der Waals surface area (Å²) in [6, 6.07) is 8.45. The summed E-state index contributed by atoms with van der Waals surface area (Å²) >= 11 is 0. The number of nitrogens with zero attached hydrogens (tertiary/aromatic N) is 2. The van der Waals surface area contributed by atoms with Crippen molar-refractivity contribution in [1.29, 1.82) is 0 Å². The van der Waals surface area contributed by atoms with Crippen molar-refractivity contribution in [2.24, 2.45) is 0 Å². The third-order valence-electron chi connectivity index (χ3n) is 3.69. The van der Waals surface area contributed by atoms with Gasteiger partial charge in [-0.3, -0.25) is 4.79 Å². The Balaban J connectivity index is 2.12. The lowest BCUT2D eigenvalue weighted by Crippen LogP contribution is -2.25. The molecule has 2 N–H and O–H groups in total. The van der Waals surface area contributed by atoms with Crippen LogP contribution in [0.1, 0.15) is 52.9 Å². The zero-order valence-corrected chi connectivity index (χ0v) is 15.3. The molecule has 2 rings (SSSR count). The van der Waals surface area contributed by atoms with Gasteiger partial charge in [0, 0.05) is 18.3 Å². The number of benzene rings is 1. The number of hydrogen-bond acceptors (Lipinski definition) is 6. The Morgan fingerprint density at radius 2 is 1.96 bits per heavy atom. The van der Waals surface area contributed by atoms with Gasteiger partial charge in [0.2, 0.25) is 0 Å². The normalized spacial score (nSPS) is 10.3. The third-order valence-corrected chi connectivity index (χ3v) is 3.69. The fourth-order valence-electron chi connectivity index (χ4n) is 2.41. The van der Waals surface area contributed by atoms with Crippen LogP contribution in [0.4, 0.5) is 11.5 Å². The Morgan fingerprint density at radius 1 is 1.15 bits per heavy atom. The number of aromatic nitrogens is 2. The molecule has 0 aliphatic rings. The first-order valence-corrected chi connectivity index (χ1v) is 8.62. The van der Waals surface area contributed by atoms with Crippen LogP contribution < -0.4 is 10.6 Å². The summed E-state index contributed by atoms with van der Waals surface area (Å²) in [6.45, 7) is 4.46. The lowest BCUT2D eigenvalue weighted by molar-refractivity contribution is 0.0600. The number of aryl methyl sites for hydroxylation is 1. The average molecular weight is 356 g/mol. The molecule has 1 amide bonds. The van der Waals surface area contributed by atoms with Gasteiger partial charge in [-0.05, 0) is 31.5 Å². The Hall–Kier alpha value is -2.96. The molecule has 0 aliphatic carbocycles. The zero-order chi connectivity index (χ0) is 18.9. The van der Waals surface area contributed by atoms with Crippen LogP contribution in [-0.4, -0.2) is 35.5 Å². The monoisotopic (exact) mass is 356 g/mol. The molecule has 0 radical (unpaired) electrons. The molecule has 0 saturated heterocycles. The Morgan fingerprint density at radius 3 is 2.69 bits per heavy atom. The molecule has 26 heavy (non-hydrogen) atoms. The smallest absolute Gasteiger partial charge is 0.337 e. The fraction of sp³-hybridized carbons (Fsp3) is 0.368. The molecule has 138 valence electrons. The molecule has 0 fully saturated rings. The van der Waals surface area contributed by atoms with Gasteiger partial charge in [-0.2, -0.15) is 0 Å². The standard InChI is InChI=1S/C19H24N4O3/c1-4-5-6-10-20-18(24)16-12-17(22-13(2)21-16)23-15-9-7-8-14(11-15)19(25)26-3/h7-9,11-12H,4-6,10H2,1-3H3,(H,20,24)(H,21,22,23). The fourth-order valence-corrected chi connectivity index (χ4v) is 2.41. The molecule has 0 atom stereocenters. The van der Waals surface area contributed by atoms with Crippen LogP contribution in [0.3, 0.4) is 0 Å². The summed E-state index contributed by atoms with van der Waals surface area (Å²) in [6.07, 6.45) is 3.12. The molecule has 7 nitrogen and oxygen atoms in total. The van der Waals surface area contributed by atoms with Crippen LogP contribution in [-0.2, 0) is 4.74 Å². The summed E-state index contributed by atoms with van der Waals surface area (Å²) in [5.41, 5.74) is 1.40. The van der Waals surface area contributed by atoms with E-state index in [0.717, 1.165) is 19.3 Å². The number of nitrogens with one attached hydrogen (secondary N) is 2. The van der Waals surface area contributed by atoms with E-state index in [4.69, 9.17) is 4.74 Å². The number of anilines is 2. The number of rotatable bonds is 8. The molecule has 1 heterocycles. The predicted molar refractivity (Wildman–Crippen MR) is 99.7 cm³/mol. The molecule has 7 heteroatoms. The van der Waals surface area contributed by atoms with Crippen molar-refractivity contribution in [3.63, 3.8) is 0 Å². The van der Waals surface area contributed by atoms with Crippen molar-refractivity contribution >= 4 is 23.4 Å². The molecular weight excluding hydrogens is 332 g/mol. The van der Waals surface area contributed by atoms with Gasteiger partial charge in [0.15, 0.2) is 0 Å². The Kier molecular flexibility index (Phi) is 7.08. The highest BCUT2D eigenvalue weighted by atomic mass is 16.5. The van der Waals surface area contributed by atoms with Gasteiger partial charge in [0.25, 0.3) is 5.91 Å². The van der Waals surface area contributed by atoms with E-state index in [1.54, 1.807) is 37.3 Å². The van der Waals surface area contributed by atoms with Crippen LogP contribution >= 0.6 is 0 Å². The van der Waals surface area contributed by atoms with E-state index in [1.165, 1.54) is 7.11 Å². The second-order valence-corrected chi connectivity index (χ2v) is 5.85. The van der Waals surface area contributed by atoms with E-state index in [9.17, 15) is 9.59 Å². The van der Waals surface area contributed by atoms with E-state index in [-0.39, 0.29) is 5.91 Å². The first-order valence-electron chi connectivity index (χ1n) is 8.62. The quantitative estimate of drug-likeness (QED) is 0.557. The highest BCUT2D eigenvalue weighted by Crippen LogP contribution is 2.17. The Bertz CT molecular complexity index is 777. The van der Waals surface area contributed by atoms with Crippen molar-refractivity contribution in [2.75, 3.05) is 19.0 Å².